The predicted octanol–water partition coefficient (Wildman–Crippen LogP) is 6.29. The molecule has 41 heavy (non-hydrogen) atoms. The van der Waals surface area contributed by atoms with Crippen LogP contribution in [0.2, 0.25) is 0 Å². The third-order valence-electron chi connectivity index (χ3n) is 5.89. The number of amides is 2. The Bertz CT molecular complexity index is 1780. The smallest absolute Gasteiger partial charge is 0.262 e. The van der Waals surface area contributed by atoms with Crippen molar-refractivity contribution in [3.8, 4) is 27.6 Å². The van der Waals surface area contributed by atoms with Gasteiger partial charge in [-0.15, -0.1) is 23.7 Å². The molecule has 2 aromatic heterocycles. The van der Waals surface area contributed by atoms with E-state index < -0.39 is 23.1 Å². The molecule has 0 saturated heterocycles. The van der Waals surface area contributed by atoms with Gasteiger partial charge >= 0.3 is 0 Å². The van der Waals surface area contributed by atoms with Crippen molar-refractivity contribution in [2.75, 3.05) is 22.6 Å². The van der Waals surface area contributed by atoms with Gasteiger partial charge in [0.15, 0.2) is 6.61 Å². The van der Waals surface area contributed by atoms with Crippen LogP contribution in [0, 0.1) is 11.6 Å². The van der Waals surface area contributed by atoms with E-state index in [1.54, 1.807) is 54.2 Å². The molecule has 3 aromatic carbocycles. The minimum Gasteiger partial charge on any atom is -0.482 e. The molecule has 0 atom stereocenters. The van der Waals surface area contributed by atoms with Crippen molar-refractivity contribution in [3.05, 3.63) is 95.6 Å². The van der Waals surface area contributed by atoms with Crippen LogP contribution in [-0.2, 0) is 4.79 Å². The van der Waals surface area contributed by atoms with E-state index in [0.29, 0.717) is 45.7 Å². The quantitative estimate of drug-likeness (QED) is 0.212. The van der Waals surface area contributed by atoms with E-state index in [0.717, 1.165) is 23.1 Å². The average Bonchev–Trinajstić information content (AvgIpc) is 3.45. The molecule has 0 aliphatic carbocycles. The molecule has 0 fully saturated rings. The molecule has 0 spiro atoms. The molecule has 1 aliphatic rings. The van der Waals surface area contributed by atoms with Crippen molar-refractivity contribution in [1.29, 1.82) is 0 Å². The highest BCUT2D eigenvalue weighted by atomic mass is 35.5. The zero-order valence-electron chi connectivity index (χ0n) is 20.9. The lowest BCUT2D eigenvalue weighted by Gasteiger charge is -2.18. The number of halogens is 3. The maximum Gasteiger partial charge on any atom is 0.262 e. The Hall–Kier alpha value is -4.94. The largest absolute Gasteiger partial charge is 0.482 e. The highest BCUT2D eigenvalue weighted by Crippen LogP contribution is 2.36. The molecule has 9 nitrogen and oxygen atoms in total. The van der Waals surface area contributed by atoms with Crippen LogP contribution in [0.3, 0.4) is 0 Å². The number of rotatable bonds is 6. The monoisotopic (exact) mass is 592 g/mol. The summed E-state index contributed by atoms with van der Waals surface area (Å²) in [6, 6.07) is 16.6. The van der Waals surface area contributed by atoms with Crippen LogP contribution in [0.15, 0.2) is 78.4 Å². The van der Waals surface area contributed by atoms with E-state index in [1.807, 2.05) is 6.07 Å². The lowest BCUT2D eigenvalue weighted by atomic mass is 10.1. The summed E-state index contributed by atoms with van der Waals surface area (Å²) in [6.07, 6.45) is 1.62. The Morgan fingerprint density at radius 2 is 1.88 bits per heavy atom. The summed E-state index contributed by atoms with van der Waals surface area (Å²) in [6.45, 7) is -0.0524. The van der Waals surface area contributed by atoms with Gasteiger partial charge in [-0.2, -0.15) is 0 Å². The molecule has 5 aromatic rings. The maximum atomic E-state index is 14.1. The molecule has 6 rings (SSSR count). The molecular weight excluding hydrogens is 574 g/mol. The Balaban J connectivity index is 0.00000337. The van der Waals surface area contributed by atoms with Gasteiger partial charge in [0.05, 0.1) is 33.0 Å². The molecule has 1 aliphatic heterocycles. The lowest BCUT2D eigenvalue weighted by Crippen LogP contribution is -2.25. The first-order valence-corrected chi connectivity index (χ1v) is 12.8. The third-order valence-corrected chi connectivity index (χ3v) is 6.74. The van der Waals surface area contributed by atoms with Gasteiger partial charge in [-0.3, -0.25) is 9.59 Å². The molecule has 3 heterocycles. The third kappa shape index (κ3) is 5.98. The number of hydrogen-bond donors (Lipinski definition) is 3. The van der Waals surface area contributed by atoms with E-state index in [1.165, 1.54) is 11.3 Å². The highest BCUT2D eigenvalue weighted by Gasteiger charge is 2.18. The summed E-state index contributed by atoms with van der Waals surface area (Å²) in [5.41, 5.74) is 4.88. The average molecular weight is 593 g/mol. The molecule has 13 heteroatoms. The van der Waals surface area contributed by atoms with Gasteiger partial charge in [0.1, 0.15) is 17.4 Å². The maximum absolute atomic E-state index is 14.1. The zero-order valence-corrected chi connectivity index (χ0v) is 22.5. The number of nitrogens with one attached hydrogen (secondary N) is 3. The van der Waals surface area contributed by atoms with Crippen LogP contribution >= 0.6 is 23.7 Å². The topological polar surface area (TPSA) is 118 Å². The SMILES string of the molecule is Cl.O=C1COc2cc(Nc3nccc(-c4scnc4-c4cccc(NC(=O)c5cc(F)ccc5F)c4)n3)ccc2N1. The van der Waals surface area contributed by atoms with E-state index in [4.69, 9.17) is 4.74 Å². The van der Waals surface area contributed by atoms with Gasteiger partial charge in [0.25, 0.3) is 11.8 Å². The summed E-state index contributed by atoms with van der Waals surface area (Å²) in [7, 11) is 0. The molecule has 0 unspecified atom stereocenters. The number of ether oxygens (including phenoxy) is 1. The van der Waals surface area contributed by atoms with Crippen molar-refractivity contribution in [2.24, 2.45) is 0 Å². The van der Waals surface area contributed by atoms with Gasteiger partial charge in [0.2, 0.25) is 5.95 Å². The minimum atomic E-state index is -0.820. The number of aromatic nitrogens is 3. The molecule has 0 bridgehead atoms. The number of hydrogen-bond acceptors (Lipinski definition) is 8. The fourth-order valence-corrected chi connectivity index (χ4v) is 4.85. The fourth-order valence-electron chi connectivity index (χ4n) is 4.07. The van der Waals surface area contributed by atoms with Crippen LogP contribution < -0.4 is 20.7 Å². The van der Waals surface area contributed by atoms with Gasteiger partial charge in [-0.05, 0) is 48.5 Å². The van der Waals surface area contributed by atoms with Gasteiger partial charge in [-0.25, -0.2) is 23.7 Å². The molecule has 0 saturated carbocycles. The van der Waals surface area contributed by atoms with Gasteiger partial charge in [0, 0.05) is 29.2 Å². The highest BCUT2D eigenvalue weighted by molar-refractivity contribution is 7.13. The van der Waals surface area contributed by atoms with E-state index in [9.17, 15) is 18.4 Å². The standard InChI is InChI=1S/C28H18F2N6O3S.ClH/c29-16-4-6-20(30)19(11-16)27(38)33-17-3-1-2-15(10-17)25-26(40-14-32-25)22-8-9-31-28(36-22)34-18-5-7-21-23(12-18)39-13-24(37)35-21;/h1-12,14H,13H2,(H,33,38)(H,35,37)(H,31,34,36);1H. The fraction of sp³-hybridized carbons (Fsp3) is 0.0357. The normalized spacial score (nSPS) is 11.9. The second kappa shape index (κ2) is 11.7. The van der Waals surface area contributed by atoms with Gasteiger partial charge < -0.3 is 20.7 Å². The molecule has 3 N–H and O–H groups in total. The van der Waals surface area contributed by atoms with Crippen molar-refractivity contribution in [1.82, 2.24) is 15.0 Å². The second-order valence-electron chi connectivity index (χ2n) is 8.63. The number of nitrogens with zero attached hydrogens (tertiary/aromatic N) is 3. The van der Waals surface area contributed by atoms with Crippen molar-refractivity contribution in [3.63, 3.8) is 0 Å². The summed E-state index contributed by atoms with van der Waals surface area (Å²) in [5, 5.41) is 8.50. The van der Waals surface area contributed by atoms with Crippen molar-refractivity contribution < 1.29 is 23.1 Å². The van der Waals surface area contributed by atoms with Gasteiger partial charge in [-0.1, -0.05) is 12.1 Å². The van der Waals surface area contributed by atoms with Crippen molar-refractivity contribution >= 4 is 58.6 Å². The Morgan fingerprint density at radius 3 is 2.76 bits per heavy atom. The van der Waals surface area contributed by atoms with E-state index in [-0.39, 0.29) is 24.9 Å². The van der Waals surface area contributed by atoms with Crippen LogP contribution in [0.5, 0.6) is 5.75 Å². The number of carbonyl (C=O) groups excluding carboxylic acids is 2. The summed E-state index contributed by atoms with van der Waals surface area (Å²) in [4.78, 5) is 38.3. The van der Waals surface area contributed by atoms with Crippen LogP contribution in [-0.4, -0.2) is 33.4 Å². The van der Waals surface area contributed by atoms with Crippen LogP contribution in [0.25, 0.3) is 21.8 Å². The second-order valence-corrected chi connectivity index (χ2v) is 9.48. The predicted molar refractivity (Wildman–Crippen MR) is 154 cm³/mol. The van der Waals surface area contributed by atoms with Crippen LogP contribution in [0.1, 0.15) is 10.4 Å². The Kier molecular flexibility index (Phi) is 7.86. The molecule has 206 valence electrons. The molecular formula is C28H19ClF2N6O3S. The summed E-state index contributed by atoms with van der Waals surface area (Å²) in [5.74, 6) is -1.63. The van der Waals surface area contributed by atoms with E-state index >= 15 is 0 Å². The van der Waals surface area contributed by atoms with Crippen LogP contribution in [0.4, 0.5) is 31.8 Å². The minimum absolute atomic E-state index is 0. The number of benzene rings is 3. The van der Waals surface area contributed by atoms with Crippen molar-refractivity contribution in [2.45, 2.75) is 0 Å². The summed E-state index contributed by atoms with van der Waals surface area (Å²) < 4.78 is 33.1. The first-order valence-electron chi connectivity index (χ1n) is 11.9. The lowest BCUT2D eigenvalue weighted by molar-refractivity contribution is -0.118. The summed E-state index contributed by atoms with van der Waals surface area (Å²) >= 11 is 1.38. The first kappa shape index (κ1) is 27.6. The number of fused-ring (bicyclic) bond motifs is 1. The Morgan fingerprint density at radius 1 is 1.00 bits per heavy atom. The number of carbonyl (C=O) groups is 2. The molecule has 2 amide bonds. The number of thiazole rings is 1. The number of anilines is 4. The van der Waals surface area contributed by atoms with E-state index in [2.05, 4.69) is 30.9 Å². The molecule has 0 radical (unpaired) electrons. The Labute approximate surface area is 242 Å². The zero-order chi connectivity index (χ0) is 27.6. The first-order chi connectivity index (χ1) is 19.4.